The lowest BCUT2D eigenvalue weighted by Crippen LogP contribution is -2.50. The standard InChI is InChI=1S/C15H25N5O/c1-16-14-6-4-5-13(17-14)15(21)20-11-9-19(10-12-20)8-7-18(2)3/h4-6H,7-12H2,1-3H3,(H,16,17). The van der Waals surface area contributed by atoms with E-state index in [4.69, 9.17) is 0 Å². The van der Waals surface area contributed by atoms with Crippen LogP contribution in [-0.2, 0) is 0 Å². The van der Waals surface area contributed by atoms with Gasteiger partial charge < -0.3 is 15.1 Å². The number of aromatic nitrogens is 1. The van der Waals surface area contributed by atoms with Gasteiger partial charge in [-0.15, -0.1) is 0 Å². The summed E-state index contributed by atoms with van der Waals surface area (Å²) < 4.78 is 0. The minimum atomic E-state index is 0.0272. The molecule has 0 aromatic carbocycles. The number of rotatable bonds is 5. The summed E-state index contributed by atoms with van der Waals surface area (Å²) in [5.74, 6) is 0.754. The quantitative estimate of drug-likeness (QED) is 0.853. The second-order valence-electron chi connectivity index (χ2n) is 5.60. The third-order valence-electron chi connectivity index (χ3n) is 3.75. The van der Waals surface area contributed by atoms with Gasteiger partial charge in [0.25, 0.3) is 5.91 Å². The van der Waals surface area contributed by atoms with Gasteiger partial charge in [-0.3, -0.25) is 9.69 Å². The second kappa shape index (κ2) is 7.38. The Hall–Kier alpha value is -1.66. The highest BCUT2D eigenvalue weighted by Crippen LogP contribution is 2.09. The molecule has 1 aromatic rings. The monoisotopic (exact) mass is 291 g/mol. The number of hydrogen-bond acceptors (Lipinski definition) is 5. The van der Waals surface area contributed by atoms with Crippen LogP contribution in [0.1, 0.15) is 10.5 Å². The Balaban J connectivity index is 1.88. The first kappa shape index (κ1) is 15.7. The van der Waals surface area contributed by atoms with Crippen molar-refractivity contribution in [1.82, 2.24) is 19.7 Å². The Labute approximate surface area is 126 Å². The van der Waals surface area contributed by atoms with Crippen LogP contribution in [0.15, 0.2) is 18.2 Å². The average molecular weight is 291 g/mol. The molecule has 1 amide bonds. The van der Waals surface area contributed by atoms with Crippen molar-refractivity contribution in [3.63, 3.8) is 0 Å². The van der Waals surface area contributed by atoms with Crippen molar-refractivity contribution in [2.45, 2.75) is 0 Å². The van der Waals surface area contributed by atoms with Crippen molar-refractivity contribution in [2.75, 3.05) is 65.7 Å². The molecule has 0 saturated carbocycles. The first-order valence-corrected chi connectivity index (χ1v) is 7.41. The molecule has 1 fully saturated rings. The molecule has 6 nitrogen and oxygen atoms in total. The molecule has 1 saturated heterocycles. The lowest BCUT2D eigenvalue weighted by molar-refractivity contribution is 0.0624. The summed E-state index contributed by atoms with van der Waals surface area (Å²) in [7, 11) is 5.97. The van der Waals surface area contributed by atoms with Crippen LogP contribution in [0, 0.1) is 0 Å². The maximum absolute atomic E-state index is 12.4. The molecular formula is C15H25N5O. The minimum absolute atomic E-state index is 0.0272. The van der Waals surface area contributed by atoms with Gasteiger partial charge in [0.1, 0.15) is 11.5 Å². The van der Waals surface area contributed by atoms with Gasteiger partial charge in [0.15, 0.2) is 0 Å². The number of piperazine rings is 1. The van der Waals surface area contributed by atoms with Gasteiger partial charge in [0, 0.05) is 46.3 Å². The van der Waals surface area contributed by atoms with Crippen LogP contribution < -0.4 is 5.32 Å². The highest BCUT2D eigenvalue weighted by molar-refractivity contribution is 5.92. The number of anilines is 1. The van der Waals surface area contributed by atoms with Crippen LogP contribution in [0.4, 0.5) is 5.82 Å². The highest BCUT2D eigenvalue weighted by Gasteiger charge is 2.22. The summed E-state index contributed by atoms with van der Waals surface area (Å²) in [4.78, 5) is 23.3. The van der Waals surface area contributed by atoms with Gasteiger partial charge in [0.05, 0.1) is 0 Å². The number of nitrogens with zero attached hydrogens (tertiary/aromatic N) is 4. The van der Waals surface area contributed by atoms with Gasteiger partial charge in [-0.05, 0) is 26.2 Å². The Morgan fingerprint density at radius 3 is 2.62 bits per heavy atom. The van der Waals surface area contributed by atoms with Gasteiger partial charge in [-0.2, -0.15) is 0 Å². The second-order valence-corrected chi connectivity index (χ2v) is 5.60. The molecule has 21 heavy (non-hydrogen) atoms. The summed E-state index contributed by atoms with van der Waals surface area (Å²) in [6.45, 7) is 5.54. The van der Waals surface area contributed by atoms with Gasteiger partial charge in [0.2, 0.25) is 0 Å². The summed E-state index contributed by atoms with van der Waals surface area (Å²) in [6, 6.07) is 5.50. The van der Waals surface area contributed by atoms with Crippen LogP contribution in [0.25, 0.3) is 0 Å². The molecule has 2 rings (SSSR count). The number of carbonyl (C=O) groups is 1. The third kappa shape index (κ3) is 4.41. The molecule has 2 heterocycles. The van der Waals surface area contributed by atoms with Crippen molar-refractivity contribution in [2.24, 2.45) is 0 Å². The number of likely N-dealkylation sites (N-methyl/N-ethyl adjacent to an activating group) is 1. The van der Waals surface area contributed by atoms with E-state index in [0.717, 1.165) is 45.1 Å². The molecule has 0 aliphatic carbocycles. The molecule has 0 unspecified atom stereocenters. The predicted molar refractivity (Wildman–Crippen MR) is 84.7 cm³/mol. The van der Waals surface area contributed by atoms with Crippen LogP contribution in [0.3, 0.4) is 0 Å². The maximum atomic E-state index is 12.4. The summed E-state index contributed by atoms with van der Waals surface area (Å²) in [5.41, 5.74) is 0.517. The number of pyridine rings is 1. The van der Waals surface area contributed by atoms with E-state index in [1.165, 1.54) is 0 Å². The SMILES string of the molecule is CNc1cccc(C(=O)N2CCN(CCN(C)C)CC2)n1. The van der Waals surface area contributed by atoms with Crippen molar-refractivity contribution >= 4 is 11.7 Å². The molecule has 1 aliphatic heterocycles. The number of hydrogen-bond donors (Lipinski definition) is 1. The molecule has 0 spiro atoms. The van der Waals surface area contributed by atoms with Gasteiger partial charge >= 0.3 is 0 Å². The van der Waals surface area contributed by atoms with Crippen LogP contribution in [0.5, 0.6) is 0 Å². The third-order valence-corrected chi connectivity index (χ3v) is 3.75. The molecule has 0 atom stereocenters. The fraction of sp³-hybridized carbons (Fsp3) is 0.600. The smallest absolute Gasteiger partial charge is 0.272 e. The van der Waals surface area contributed by atoms with Crippen molar-refractivity contribution < 1.29 is 4.79 Å². The number of nitrogens with one attached hydrogen (secondary N) is 1. The lowest BCUT2D eigenvalue weighted by atomic mass is 10.2. The van der Waals surface area contributed by atoms with E-state index < -0.39 is 0 Å². The molecular weight excluding hydrogens is 266 g/mol. The summed E-state index contributed by atoms with van der Waals surface area (Å²) in [6.07, 6.45) is 0. The lowest BCUT2D eigenvalue weighted by Gasteiger charge is -2.35. The highest BCUT2D eigenvalue weighted by atomic mass is 16.2. The minimum Gasteiger partial charge on any atom is -0.373 e. The molecule has 1 aliphatic rings. The molecule has 1 N–H and O–H groups in total. The van der Waals surface area contributed by atoms with Crippen LogP contribution >= 0.6 is 0 Å². The van der Waals surface area contributed by atoms with E-state index in [0.29, 0.717) is 5.69 Å². The predicted octanol–water partition coefficient (Wildman–Crippen LogP) is 0.443. The fourth-order valence-corrected chi connectivity index (χ4v) is 2.37. The Kier molecular flexibility index (Phi) is 5.52. The molecule has 1 aromatic heterocycles. The molecule has 0 radical (unpaired) electrons. The van der Waals surface area contributed by atoms with E-state index in [1.807, 2.05) is 17.0 Å². The van der Waals surface area contributed by atoms with Crippen LogP contribution in [-0.4, -0.2) is 86.0 Å². The van der Waals surface area contributed by atoms with E-state index in [1.54, 1.807) is 13.1 Å². The van der Waals surface area contributed by atoms with Crippen molar-refractivity contribution in [1.29, 1.82) is 0 Å². The van der Waals surface area contributed by atoms with Gasteiger partial charge in [-0.25, -0.2) is 4.98 Å². The number of amides is 1. The van der Waals surface area contributed by atoms with E-state index in [9.17, 15) is 4.79 Å². The van der Waals surface area contributed by atoms with E-state index in [2.05, 4.69) is 34.2 Å². The zero-order valence-corrected chi connectivity index (χ0v) is 13.2. The fourth-order valence-electron chi connectivity index (χ4n) is 2.37. The average Bonchev–Trinajstić information content (AvgIpc) is 2.52. The van der Waals surface area contributed by atoms with Gasteiger partial charge in [-0.1, -0.05) is 6.07 Å². The van der Waals surface area contributed by atoms with Crippen LogP contribution in [0.2, 0.25) is 0 Å². The van der Waals surface area contributed by atoms with Crippen molar-refractivity contribution in [3.05, 3.63) is 23.9 Å². The molecule has 6 heteroatoms. The first-order chi connectivity index (χ1) is 10.1. The number of carbonyl (C=O) groups excluding carboxylic acids is 1. The normalized spacial score (nSPS) is 16.3. The Morgan fingerprint density at radius 2 is 2.00 bits per heavy atom. The summed E-state index contributed by atoms with van der Waals surface area (Å²) in [5, 5.41) is 2.96. The largest absolute Gasteiger partial charge is 0.373 e. The zero-order valence-electron chi connectivity index (χ0n) is 13.2. The van der Waals surface area contributed by atoms with E-state index in [-0.39, 0.29) is 5.91 Å². The first-order valence-electron chi connectivity index (χ1n) is 7.41. The molecule has 116 valence electrons. The zero-order chi connectivity index (χ0) is 15.2. The Bertz CT molecular complexity index is 469. The molecule has 0 bridgehead atoms. The van der Waals surface area contributed by atoms with Crippen molar-refractivity contribution in [3.8, 4) is 0 Å². The maximum Gasteiger partial charge on any atom is 0.272 e. The van der Waals surface area contributed by atoms with E-state index >= 15 is 0 Å². The topological polar surface area (TPSA) is 51.7 Å². The Morgan fingerprint density at radius 1 is 1.29 bits per heavy atom. The summed E-state index contributed by atoms with van der Waals surface area (Å²) >= 11 is 0.